The first-order chi connectivity index (χ1) is 19.0. The van der Waals surface area contributed by atoms with Crippen molar-refractivity contribution in [3.63, 3.8) is 0 Å². The zero-order chi connectivity index (χ0) is 27.4. The summed E-state index contributed by atoms with van der Waals surface area (Å²) >= 11 is 0. The van der Waals surface area contributed by atoms with Gasteiger partial charge in [-0.3, -0.25) is 18.9 Å². The number of carbonyl (C=O) groups excluding carboxylic acids is 1. The van der Waals surface area contributed by atoms with E-state index in [-0.39, 0.29) is 11.5 Å². The number of aryl methyl sites for hydroxylation is 2. The van der Waals surface area contributed by atoms with Crippen LogP contribution >= 0.6 is 0 Å². The molecule has 5 aromatic rings. The molecule has 0 radical (unpaired) electrons. The van der Waals surface area contributed by atoms with Crippen molar-refractivity contribution >= 4 is 5.78 Å². The SMILES string of the molecule is CCCCc1cn(-c2c(CC)cccc2C(C)=O)c(=O)n1Cc1ccc(-c2cnccc2-c2nnn[nH]2)cc1. The van der Waals surface area contributed by atoms with Crippen LogP contribution in [0.25, 0.3) is 28.2 Å². The molecule has 0 spiro atoms. The third kappa shape index (κ3) is 5.20. The number of imidazole rings is 1. The van der Waals surface area contributed by atoms with Crippen LogP contribution in [-0.4, -0.2) is 40.5 Å². The zero-order valence-corrected chi connectivity index (χ0v) is 22.4. The summed E-state index contributed by atoms with van der Waals surface area (Å²) < 4.78 is 3.50. The highest BCUT2D eigenvalue weighted by molar-refractivity contribution is 5.98. The molecule has 0 unspecified atom stereocenters. The molecular weight excluding hydrogens is 490 g/mol. The molecule has 0 atom stereocenters. The number of Topliss-reactive ketones (excluding diaryl/α,β-unsaturated/α-hetero) is 1. The second-order valence-electron chi connectivity index (χ2n) is 9.55. The number of unbranched alkanes of at least 4 members (excludes halogenated alkanes) is 1. The maximum Gasteiger partial charge on any atom is 0.333 e. The van der Waals surface area contributed by atoms with Gasteiger partial charge in [0.15, 0.2) is 11.6 Å². The van der Waals surface area contributed by atoms with E-state index < -0.39 is 0 Å². The Hall–Kier alpha value is -4.66. The Morgan fingerprint density at radius 1 is 1.03 bits per heavy atom. The highest BCUT2D eigenvalue weighted by Crippen LogP contribution is 2.29. The first-order valence-electron chi connectivity index (χ1n) is 13.2. The predicted octanol–water partition coefficient (Wildman–Crippen LogP) is 5.04. The number of H-pyrrole nitrogens is 1. The molecule has 9 heteroatoms. The largest absolute Gasteiger partial charge is 0.333 e. The Morgan fingerprint density at radius 3 is 2.54 bits per heavy atom. The molecule has 1 N–H and O–H groups in total. The monoisotopic (exact) mass is 521 g/mol. The molecular formula is C30H31N7O2. The summed E-state index contributed by atoms with van der Waals surface area (Å²) in [5.74, 6) is 0.517. The maximum absolute atomic E-state index is 13.8. The van der Waals surface area contributed by atoms with Gasteiger partial charge in [0.05, 0.1) is 12.2 Å². The fourth-order valence-corrected chi connectivity index (χ4v) is 4.94. The average molecular weight is 522 g/mol. The minimum atomic E-state index is -0.138. The molecule has 3 aromatic heterocycles. The van der Waals surface area contributed by atoms with Crippen LogP contribution in [0.15, 0.2) is 71.9 Å². The van der Waals surface area contributed by atoms with Crippen molar-refractivity contribution in [1.82, 2.24) is 34.7 Å². The van der Waals surface area contributed by atoms with Crippen molar-refractivity contribution in [3.8, 4) is 28.2 Å². The topological polar surface area (TPSA) is 111 Å². The number of aromatic nitrogens is 7. The lowest BCUT2D eigenvalue weighted by molar-refractivity contribution is 0.101. The van der Waals surface area contributed by atoms with Crippen LogP contribution < -0.4 is 5.69 Å². The Balaban J connectivity index is 1.53. The third-order valence-electron chi connectivity index (χ3n) is 7.00. The minimum absolute atomic E-state index is 0.0541. The number of hydrogen-bond acceptors (Lipinski definition) is 6. The number of carbonyl (C=O) groups is 1. The summed E-state index contributed by atoms with van der Waals surface area (Å²) in [5.41, 5.74) is 6.78. The molecule has 2 aromatic carbocycles. The van der Waals surface area contributed by atoms with E-state index >= 15 is 0 Å². The van der Waals surface area contributed by atoms with Gasteiger partial charge in [-0.05, 0) is 65.4 Å². The van der Waals surface area contributed by atoms with Gasteiger partial charge < -0.3 is 0 Å². The lowest BCUT2D eigenvalue weighted by Gasteiger charge is -2.12. The lowest BCUT2D eigenvalue weighted by Crippen LogP contribution is -2.26. The molecule has 0 amide bonds. The highest BCUT2D eigenvalue weighted by Gasteiger charge is 2.19. The summed E-state index contributed by atoms with van der Waals surface area (Å²) in [7, 11) is 0. The molecule has 9 nitrogen and oxygen atoms in total. The van der Waals surface area contributed by atoms with Crippen LogP contribution in [0.3, 0.4) is 0 Å². The molecule has 0 saturated carbocycles. The Labute approximate surface area is 226 Å². The molecule has 0 aliphatic rings. The molecule has 0 saturated heterocycles. The zero-order valence-electron chi connectivity index (χ0n) is 22.4. The van der Waals surface area contributed by atoms with Gasteiger partial charge >= 0.3 is 5.69 Å². The van der Waals surface area contributed by atoms with Gasteiger partial charge in [-0.15, -0.1) is 5.10 Å². The first kappa shape index (κ1) is 26.0. The standard InChI is InChI=1S/C30H31N7O2/c1-4-6-9-24-19-37(28-22(5-2)8-7-10-25(28)20(3)38)30(39)36(24)18-21-11-13-23(14-12-21)27-17-31-16-15-26(27)29-32-34-35-33-29/h7-8,10-17,19H,4-6,9,18H2,1-3H3,(H,32,33,34,35). The van der Waals surface area contributed by atoms with Gasteiger partial charge in [0, 0.05) is 41.0 Å². The van der Waals surface area contributed by atoms with Crippen molar-refractivity contribution in [2.45, 2.75) is 53.0 Å². The second kappa shape index (κ2) is 11.4. The molecule has 0 fully saturated rings. The smallest absolute Gasteiger partial charge is 0.294 e. The lowest BCUT2D eigenvalue weighted by atomic mass is 10.0. The number of rotatable bonds is 10. The summed E-state index contributed by atoms with van der Waals surface area (Å²) in [4.78, 5) is 30.6. The summed E-state index contributed by atoms with van der Waals surface area (Å²) in [5, 5.41) is 14.2. The van der Waals surface area contributed by atoms with E-state index in [0.717, 1.165) is 59.2 Å². The van der Waals surface area contributed by atoms with Gasteiger partial charge in [0.1, 0.15) is 0 Å². The van der Waals surface area contributed by atoms with E-state index in [1.54, 1.807) is 30.0 Å². The number of nitrogens with one attached hydrogen (secondary N) is 1. The Bertz CT molecular complexity index is 1650. The number of pyridine rings is 1. The number of ketones is 1. The van der Waals surface area contributed by atoms with Crippen molar-refractivity contribution in [3.05, 3.63) is 100.0 Å². The van der Waals surface area contributed by atoms with Gasteiger partial charge in [0.25, 0.3) is 0 Å². The second-order valence-corrected chi connectivity index (χ2v) is 9.55. The molecule has 0 aliphatic heterocycles. The van der Waals surface area contributed by atoms with E-state index in [9.17, 15) is 9.59 Å². The van der Waals surface area contributed by atoms with Gasteiger partial charge in [-0.25, -0.2) is 9.89 Å². The molecule has 3 heterocycles. The quantitative estimate of drug-likeness (QED) is 0.258. The Morgan fingerprint density at radius 2 is 1.85 bits per heavy atom. The first-order valence-corrected chi connectivity index (χ1v) is 13.2. The normalized spacial score (nSPS) is 11.2. The van der Waals surface area contributed by atoms with Gasteiger partial charge in [-0.2, -0.15) is 0 Å². The van der Waals surface area contributed by atoms with Crippen LogP contribution in [0.1, 0.15) is 60.8 Å². The number of aromatic amines is 1. The molecule has 0 aliphatic carbocycles. The Kier molecular flexibility index (Phi) is 7.58. The summed E-state index contributed by atoms with van der Waals surface area (Å²) in [6, 6.07) is 15.6. The molecule has 0 bridgehead atoms. The van der Waals surface area contributed by atoms with Crippen LogP contribution in [0, 0.1) is 0 Å². The van der Waals surface area contributed by atoms with E-state index in [1.165, 1.54) is 0 Å². The van der Waals surface area contributed by atoms with Crippen LogP contribution in [0.4, 0.5) is 0 Å². The number of para-hydroxylation sites is 1. The van der Waals surface area contributed by atoms with Crippen LogP contribution in [0.5, 0.6) is 0 Å². The van der Waals surface area contributed by atoms with Crippen LogP contribution in [0.2, 0.25) is 0 Å². The molecule has 39 heavy (non-hydrogen) atoms. The molecule has 5 rings (SSSR count). The van der Waals surface area contributed by atoms with E-state index in [1.807, 2.05) is 60.2 Å². The third-order valence-corrected chi connectivity index (χ3v) is 7.00. The fraction of sp³-hybridized carbons (Fsp3) is 0.267. The van der Waals surface area contributed by atoms with Gasteiger partial charge in [-0.1, -0.05) is 56.7 Å². The predicted molar refractivity (Wildman–Crippen MR) is 150 cm³/mol. The maximum atomic E-state index is 13.8. The van der Waals surface area contributed by atoms with Crippen molar-refractivity contribution in [1.29, 1.82) is 0 Å². The number of hydrogen-bond donors (Lipinski definition) is 1. The van der Waals surface area contributed by atoms with Crippen molar-refractivity contribution in [2.24, 2.45) is 0 Å². The van der Waals surface area contributed by atoms with E-state index in [0.29, 0.717) is 23.6 Å². The van der Waals surface area contributed by atoms with E-state index in [2.05, 4.69) is 32.5 Å². The number of benzene rings is 2. The van der Waals surface area contributed by atoms with Crippen molar-refractivity contribution in [2.75, 3.05) is 0 Å². The average Bonchev–Trinajstić information content (AvgIpc) is 3.61. The summed E-state index contributed by atoms with van der Waals surface area (Å²) in [6.45, 7) is 6.16. The summed E-state index contributed by atoms with van der Waals surface area (Å²) in [6.07, 6.45) is 8.91. The fourth-order valence-electron chi connectivity index (χ4n) is 4.94. The van der Waals surface area contributed by atoms with Gasteiger partial charge in [0.2, 0.25) is 0 Å². The minimum Gasteiger partial charge on any atom is -0.294 e. The number of tetrazole rings is 1. The van der Waals surface area contributed by atoms with Crippen molar-refractivity contribution < 1.29 is 4.79 Å². The number of nitrogens with zero attached hydrogens (tertiary/aromatic N) is 6. The van der Waals surface area contributed by atoms with Crippen LogP contribution in [-0.2, 0) is 19.4 Å². The highest BCUT2D eigenvalue weighted by atomic mass is 16.2. The molecule has 198 valence electrons. The van der Waals surface area contributed by atoms with E-state index in [4.69, 9.17) is 0 Å².